The third kappa shape index (κ3) is 4.37. The zero-order valence-electron chi connectivity index (χ0n) is 12.3. The molecule has 2 aromatic rings. The summed E-state index contributed by atoms with van der Waals surface area (Å²) in [7, 11) is 2.05. The molecule has 0 atom stereocenters. The molecule has 0 saturated heterocycles. The molecule has 1 aromatic carbocycles. The lowest BCUT2D eigenvalue weighted by Crippen LogP contribution is -2.29. The molecule has 1 aromatic heterocycles. The highest BCUT2D eigenvalue weighted by Gasteiger charge is 2.05. The lowest BCUT2D eigenvalue weighted by atomic mass is 10.1. The van der Waals surface area contributed by atoms with Crippen molar-refractivity contribution in [2.24, 2.45) is 5.84 Å². The van der Waals surface area contributed by atoms with Crippen molar-refractivity contribution in [2.45, 2.75) is 20.0 Å². The van der Waals surface area contributed by atoms with Crippen molar-refractivity contribution in [3.63, 3.8) is 0 Å². The highest BCUT2D eigenvalue weighted by Crippen LogP contribution is 2.09. The summed E-state index contributed by atoms with van der Waals surface area (Å²) in [5.74, 6) is 4.83. The zero-order valence-corrected chi connectivity index (χ0v) is 12.3. The first-order chi connectivity index (χ1) is 10.1. The Morgan fingerprint density at radius 1 is 1.19 bits per heavy atom. The number of carbonyl (C=O) groups is 1. The molecule has 0 unspecified atom stereocenters. The number of hydrogen-bond acceptors (Lipinski definition) is 4. The predicted octanol–water partition coefficient (Wildman–Crippen LogP) is 1.63. The van der Waals surface area contributed by atoms with Crippen molar-refractivity contribution in [3.8, 4) is 0 Å². The molecule has 0 radical (unpaired) electrons. The Balaban J connectivity index is 1.96. The summed E-state index contributed by atoms with van der Waals surface area (Å²) in [6.45, 7) is 3.57. The normalized spacial score (nSPS) is 10.7. The second-order valence-corrected chi connectivity index (χ2v) is 5.11. The Morgan fingerprint density at radius 2 is 1.90 bits per heavy atom. The summed E-state index contributed by atoms with van der Waals surface area (Å²) in [4.78, 5) is 18.0. The van der Waals surface area contributed by atoms with Gasteiger partial charge in [0, 0.05) is 24.3 Å². The van der Waals surface area contributed by atoms with Crippen molar-refractivity contribution < 1.29 is 4.79 Å². The maximum absolute atomic E-state index is 11.4. The van der Waals surface area contributed by atoms with E-state index < -0.39 is 0 Å². The molecule has 110 valence electrons. The summed E-state index contributed by atoms with van der Waals surface area (Å²) >= 11 is 0. The number of hydrogen-bond donors (Lipinski definition) is 2. The standard InChI is InChI=1S/C16H20N4O/c1-12-4-3-5-15(18-12)11-20(2)10-13-6-8-14(9-7-13)16(21)19-17/h3-9H,10-11,17H2,1-2H3,(H,19,21). The van der Waals surface area contributed by atoms with Gasteiger partial charge < -0.3 is 0 Å². The van der Waals surface area contributed by atoms with Gasteiger partial charge in [0.1, 0.15) is 0 Å². The quantitative estimate of drug-likeness (QED) is 0.497. The fourth-order valence-corrected chi connectivity index (χ4v) is 2.18. The molecule has 21 heavy (non-hydrogen) atoms. The van der Waals surface area contributed by atoms with Crippen LogP contribution < -0.4 is 11.3 Å². The van der Waals surface area contributed by atoms with E-state index in [0.717, 1.165) is 30.0 Å². The van der Waals surface area contributed by atoms with Crippen LogP contribution in [0.2, 0.25) is 0 Å². The van der Waals surface area contributed by atoms with E-state index in [-0.39, 0.29) is 5.91 Å². The summed E-state index contributed by atoms with van der Waals surface area (Å²) < 4.78 is 0. The molecule has 5 heteroatoms. The first kappa shape index (κ1) is 15.2. The molecule has 1 amide bonds. The van der Waals surface area contributed by atoms with Crippen molar-refractivity contribution >= 4 is 5.91 Å². The predicted molar refractivity (Wildman–Crippen MR) is 82.2 cm³/mol. The Kier molecular flexibility index (Phi) is 5.03. The van der Waals surface area contributed by atoms with Gasteiger partial charge in [-0.2, -0.15) is 0 Å². The number of aromatic nitrogens is 1. The molecule has 5 nitrogen and oxygen atoms in total. The van der Waals surface area contributed by atoms with Crippen LogP contribution in [0, 0.1) is 6.92 Å². The molecule has 1 heterocycles. The zero-order chi connectivity index (χ0) is 15.2. The van der Waals surface area contributed by atoms with Crippen molar-refractivity contribution in [2.75, 3.05) is 7.05 Å². The topological polar surface area (TPSA) is 71.2 Å². The van der Waals surface area contributed by atoms with Crippen LogP contribution in [0.25, 0.3) is 0 Å². The van der Waals surface area contributed by atoms with Gasteiger partial charge in [0.05, 0.1) is 5.69 Å². The van der Waals surface area contributed by atoms with E-state index in [1.165, 1.54) is 0 Å². The lowest BCUT2D eigenvalue weighted by molar-refractivity contribution is 0.0953. The highest BCUT2D eigenvalue weighted by molar-refractivity contribution is 5.93. The summed E-state index contributed by atoms with van der Waals surface area (Å²) in [5, 5.41) is 0. The number of nitrogen functional groups attached to an aromatic ring is 1. The number of nitrogens with one attached hydrogen (secondary N) is 1. The van der Waals surface area contributed by atoms with Crippen LogP contribution in [0.3, 0.4) is 0 Å². The van der Waals surface area contributed by atoms with Gasteiger partial charge in [-0.25, -0.2) is 5.84 Å². The molecule has 2 rings (SSSR count). The molecule has 3 N–H and O–H groups in total. The minimum absolute atomic E-state index is 0.279. The number of benzene rings is 1. The van der Waals surface area contributed by atoms with Gasteiger partial charge in [-0.1, -0.05) is 18.2 Å². The van der Waals surface area contributed by atoms with Crippen molar-refractivity contribution in [1.82, 2.24) is 15.3 Å². The van der Waals surface area contributed by atoms with E-state index in [2.05, 4.69) is 15.3 Å². The fraction of sp³-hybridized carbons (Fsp3) is 0.250. The molecular weight excluding hydrogens is 264 g/mol. The van der Waals surface area contributed by atoms with E-state index in [1.54, 1.807) is 12.1 Å². The van der Waals surface area contributed by atoms with Gasteiger partial charge in [0.25, 0.3) is 5.91 Å². The molecule has 0 aliphatic heterocycles. The summed E-state index contributed by atoms with van der Waals surface area (Å²) in [5.41, 5.74) is 5.90. The Hall–Kier alpha value is -2.24. The Labute approximate surface area is 124 Å². The molecule has 0 bridgehead atoms. The number of amides is 1. The van der Waals surface area contributed by atoms with Crippen LogP contribution in [0.4, 0.5) is 0 Å². The van der Waals surface area contributed by atoms with Gasteiger partial charge in [-0.05, 0) is 43.8 Å². The van der Waals surface area contributed by atoms with Crippen LogP contribution in [0.5, 0.6) is 0 Å². The van der Waals surface area contributed by atoms with E-state index >= 15 is 0 Å². The van der Waals surface area contributed by atoms with Crippen LogP contribution in [0.15, 0.2) is 42.5 Å². The highest BCUT2D eigenvalue weighted by atomic mass is 16.2. The van der Waals surface area contributed by atoms with E-state index in [9.17, 15) is 4.79 Å². The SMILES string of the molecule is Cc1cccc(CN(C)Cc2ccc(C(=O)NN)cc2)n1. The molecule has 0 saturated carbocycles. The van der Waals surface area contributed by atoms with Gasteiger partial charge in [-0.3, -0.25) is 20.1 Å². The van der Waals surface area contributed by atoms with Crippen LogP contribution in [0.1, 0.15) is 27.3 Å². The van der Waals surface area contributed by atoms with E-state index in [1.807, 2.05) is 44.3 Å². The maximum Gasteiger partial charge on any atom is 0.265 e. The second kappa shape index (κ2) is 6.97. The van der Waals surface area contributed by atoms with Crippen LogP contribution in [-0.2, 0) is 13.1 Å². The minimum atomic E-state index is -0.279. The number of nitrogens with zero attached hydrogens (tertiary/aromatic N) is 2. The van der Waals surface area contributed by atoms with Crippen LogP contribution >= 0.6 is 0 Å². The number of rotatable bonds is 5. The monoisotopic (exact) mass is 284 g/mol. The molecular formula is C16H20N4O. The number of hydrazine groups is 1. The Bertz CT molecular complexity index is 610. The van der Waals surface area contributed by atoms with Gasteiger partial charge in [0.15, 0.2) is 0 Å². The van der Waals surface area contributed by atoms with Gasteiger partial charge in [0.2, 0.25) is 0 Å². The van der Waals surface area contributed by atoms with Crippen molar-refractivity contribution in [3.05, 3.63) is 65.0 Å². The van der Waals surface area contributed by atoms with E-state index in [0.29, 0.717) is 5.56 Å². The third-order valence-electron chi connectivity index (χ3n) is 3.18. The number of nitrogens with two attached hydrogens (primary N) is 1. The fourth-order valence-electron chi connectivity index (χ4n) is 2.18. The first-order valence-corrected chi connectivity index (χ1v) is 6.79. The number of carbonyl (C=O) groups excluding carboxylic acids is 1. The summed E-state index contributed by atoms with van der Waals surface area (Å²) in [6.07, 6.45) is 0. The van der Waals surface area contributed by atoms with Gasteiger partial charge >= 0.3 is 0 Å². The van der Waals surface area contributed by atoms with Gasteiger partial charge in [-0.15, -0.1) is 0 Å². The molecule has 0 aliphatic carbocycles. The number of pyridine rings is 1. The largest absolute Gasteiger partial charge is 0.296 e. The average Bonchev–Trinajstić information content (AvgIpc) is 2.47. The second-order valence-electron chi connectivity index (χ2n) is 5.11. The van der Waals surface area contributed by atoms with E-state index in [4.69, 9.17) is 5.84 Å². The van der Waals surface area contributed by atoms with Crippen molar-refractivity contribution in [1.29, 1.82) is 0 Å². The summed E-state index contributed by atoms with van der Waals surface area (Å²) in [6, 6.07) is 13.5. The smallest absolute Gasteiger partial charge is 0.265 e. The first-order valence-electron chi connectivity index (χ1n) is 6.79. The minimum Gasteiger partial charge on any atom is -0.296 e. The van der Waals surface area contributed by atoms with Crippen LogP contribution in [-0.4, -0.2) is 22.8 Å². The lowest BCUT2D eigenvalue weighted by Gasteiger charge is -2.16. The average molecular weight is 284 g/mol. The maximum atomic E-state index is 11.4. The molecule has 0 aliphatic rings. The third-order valence-corrected chi connectivity index (χ3v) is 3.18. The molecule has 0 fully saturated rings. The molecule has 0 spiro atoms. The number of aryl methyl sites for hydroxylation is 1. The Morgan fingerprint density at radius 3 is 2.52 bits per heavy atom.